The van der Waals surface area contributed by atoms with Gasteiger partial charge in [-0.2, -0.15) is 0 Å². The van der Waals surface area contributed by atoms with Gasteiger partial charge in [0, 0.05) is 5.57 Å². The topological polar surface area (TPSA) is 66.4 Å². The maximum absolute atomic E-state index is 11.9. The van der Waals surface area contributed by atoms with E-state index in [2.05, 4.69) is 5.32 Å². The fraction of sp³-hybridized carbons (Fsp3) is 0.692. The van der Waals surface area contributed by atoms with Gasteiger partial charge in [-0.1, -0.05) is 19.4 Å². The van der Waals surface area contributed by atoms with Crippen molar-refractivity contribution in [2.24, 2.45) is 5.92 Å². The van der Waals surface area contributed by atoms with Crippen LogP contribution in [0.4, 0.5) is 0 Å². The Morgan fingerprint density at radius 1 is 1.35 bits per heavy atom. The number of carbonyl (C=O) groups is 2. The van der Waals surface area contributed by atoms with E-state index in [1.807, 2.05) is 20.8 Å². The fourth-order valence-corrected chi connectivity index (χ4v) is 2.14. The van der Waals surface area contributed by atoms with Gasteiger partial charge in [0.1, 0.15) is 6.04 Å². The van der Waals surface area contributed by atoms with Gasteiger partial charge in [0.15, 0.2) is 0 Å². The van der Waals surface area contributed by atoms with Gasteiger partial charge >= 0.3 is 5.97 Å². The van der Waals surface area contributed by atoms with Crippen LogP contribution >= 0.6 is 0 Å². The molecule has 0 fully saturated rings. The second-order valence-corrected chi connectivity index (χ2v) is 5.11. The summed E-state index contributed by atoms with van der Waals surface area (Å²) in [7, 11) is 0. The molecule has 0 spiro atoms. The number of allylic oxidation sites excluding steroid dienone is 1. The average molecular weight is 239 g/mol. The van der Waals surface area contributed by atoms with Crippen LogP contribution in [0.25, 0.3) is 0 Å². The normalized spacial score (nSPS) is 17.4. The van der Waals surface area contributed by atoms with E-state index >= 15 is 0 Å². The van der Waals surface area contributed by atoms with Gasteiger partial charge in [-0.25, -0.2) is 4.79 Å². The molecular weight excluding hydrogens is 218 g/mol. The van der Waals surface area contributed by atoms with Gasteiger partial charge in [-0.15, -0.1) is 0 Å². The molecule has 0 aromatic carbocycles. The molecule has 96 valence electrons. The van der Waals surface area contributed by atoms with E-state index in [1.165, 1.54) is 0 Å². The van der Waals surface area contributed by atoms with Crippen LogP contribution in [0.2, 0.25) is 0 Å². The summed E-state index contributed by atoms with van der Waals surface area (Å²) >= 11 is 0. The number of amides is 1. The van der Waals surface area contributed by atoms with Crippen LogP contribution in [0.3, 0.4) is 0 Å². The van der Waals surface area contributed by atoms with Crippen molar-refractivity contribution in [2.75, 3.05) is 0 Å². The Kier molecular flexibility index (Phi) is 4.73. The highest BCUT2D eigenvalue weighted by atomic mass is 16.4. The number of nitrogens with one attached hydrogen (secondary N) is 1. The van der Waals surface area contributed by atoms with Gasteiger partial charge in [0.2, 0.25) is 5.91 Å². The lowest BCUT2D eigenvalue weighted by molar-refractivity contribution is -0.141. The van der Waals surface area contributed by atoms with Crippen molar-refractivity contribution in [3.05, 3.63) is 11.1 Å². The maximum Gasteiger partial charge on any atom is 0.326 e. The Hall–Kier alpha value is -1.32. The Morgan fingerprint density at radius 2 is 2.00 bits per heavy atom. The second kappa shape index (κ2) is 5.84. The van der Waals surface area contributed by atoms with Crippen molar-refractivity contribution in [1.82, 2.24) is 5.32 Å². The zero-order valence-corrected chi connectivity index (χ0v) is 10.7. The zero-order valence-electron chi connectivity index (χ0n) is 10.7. The first-order valence-electron chi connectivity index (χ1n) is 6.14. The Labute approximate surface area is 102 Å². The SMILES string of the molecule is CC1=C(C(=O)NC(CC(C)C)C(=O)O)CCC1. The van der Waals surface area contributed by atoms with Crippen molar-refractivity contribution >= 4 is 11.9 Å². The van der Waals surface area contributed by atoms with E-state index in [0.717, 1.165) is 30.4 Å². The van der Waals surface area contributed by atoms with Crippen LogP contribution in [0, 0.1) is 5.92 Å². The van der Waals surface area contributed by atoms with E-state index in [0.29, 0.717) is 6.42 Å². The molecule has 1 rings (SSSR count). The van der Waals surface area contributed by atoms with Crippen LogP contribution in [-0.4, -0.2) is 23.0 Å². The van der Waals surface area contributed by atoms with Crippen molar-refractivity contribution in [3.63, 3.8) is 0 Å². The lowest BCUT2D eigenvalue weighted by Crippen LogP contribution is -2.42. The van der Waals surface area contributed by atoms with Gasteiger partial charge in [-0.3, -0.25) is 4.79 Å². The van der Waals surface area contributed by atoms with Gasteiger partial charge in [-0.05, 0) is 38.5 Å². The molecular formula is C13H21NO3. The minimum absolute atomic E-state index is 0.201. The number of carboxylic acid groups (broad SMARTS) is 1. The summed E-state index contributed by atoms with van der Waals surface area (Å²) in [6.45, 7) is 5.84. The highest BCUT2D eigenvalue weighted by molar-refractivity contribution is 5.96. The molecule has 0 aliphatic heterocycles. The van der Waals surface area contributed by atoms with Crippen molar-refractivity contribution < 1.29 is 14.7 Å². The van der Waals surface area contributed by atoms with Crippen molar-refractivity contribution in [1.29, 1.82) is 0 Å². The minimum atomic E-state index is -0.955. The molecule has 0 saturated carbocycles. The van der Waals surface area contributed by atoms with Crippen molar-refractivity contribution in [2.45, 2.75) is 52.5 Å². The first kappa shape index (κ1) is 13.7. The molecule has 1 aliphatic rings. The summed E-state index contributed by atoms with van der Waals surface area (Å²) in [6, 6.07) is -0.775. The molecule has 0 bridgehead atoms. The van der Waals surface area contributed by atoms with E-state index in [-0.39, 0.29) is 11.8 Å². The predicted molar refractivity (Wildman–Crippen MR) is 65.6 cm³/mol. The molecule has 0 heterocycles. The van der Waals surface area contributed by atoms with Gasteiger partial charge in [0.05, 0.1) is 0 Å². The molecule has 0 aromatic rings. The summed E-state index contributed by atoms with van der Waals surface area (Å²) in [4.78, 5) is 23.0. The predicted octanol–water partition coefficient (Wildman–Crippen LogP) is 2.10. The van der Waals surface area contributed by atoms with E-state index in [1.54, 1.807) is 0 Å². The number of rotatable bonds is 5. The largest absolute Gasteiger partial charge is 0.480 e. The molecule has 0 aromatic heterocycles. The number of carbonyl (C=O) groups excluding carboxylic acids is 1. The summed E-state index contributed by atoms with van der Waals surface area (Å²) in [5, 5.41) is 11.7. The zero-order chi connectivity index (χ0) is 13.0. The summed E-state index contributed by atoms with van der Waals surface area (Å²) in [6.07, 6.45) is 3.18. The quantitative estimate of drug-likeness (QED) is 0.772. The molecule has 17 heavy (non-hydrogen) atoms. The van der Waals surface area contributed by atoms with E-state index in [4.69, 9.17) is 5.11 Å². The molecule has 1 aliphatic carbocycles. The molecule has 1 atom stereocenters. The van der Waals surface area contributed by atoms with Crippen LogP contribution in [0.5, 0.6) is 0 Å². The number of aliphatic carboxylic acids is 1. The molecule has 4 nitrogen and oxygen atoms in total. The van der Waals surface area contributed by atoms with Gasteiger partial charge in [0.25, 0.3) is 0 Å². The van der Waals surface area contributed by atoms with Gasteiger partial charge < -0.3 is 10.4 Å². The summed E-state index contributed by atoms with van der Waals surface area (Å²) < 4.78 is 0. The molecule has 0 radical (unpaired) electrons. The molecule has 2 N–H and O–H groups in total. The monoisotopic (exact) mass is 239 g/mol. The highest BCUT2D eigenvalue weighted by Crippen LogP contribution is 2.25. The van der Waals surface area contributed by atoms with Crippen molar-refractivity contribution in [3.8, 4) is 0 Å². The third-order valence-electron chi connectivity index (χ3n) is 3.08. The highest BCUT2D eigenvalue weighted by Gasteiger charge is 2.24. The van der Waals surface area contributed by atoms with Crippen LogP contribution < -0.4 is 5.32 Å². The fourth-order valence-electron chi connectivity index (χ4n) is 2.14. The molecule has 4 heteroatoms. The molecule has 1 amide bonds. The lowest BCUT2D eigenvalue weighted by atomic mass is 10.0. The molecule has 0 saturated heterocycles. The Bertz CT molecular complexity index is 345. The van der Waals surface area contributed by atoms with Crippen LogP contribution in [0.15, 0.2) is 11.1 Å². The molecule has 1 unspecified atom stereocenters. The summed E-state index contributed by atoms with van der Waals surface area (Å²) in [5.74, 6) is -0.911. The minimum Gasteiger partial charge on any atom is -0.480 e. The first-order chi connectivity index (χ1) is 7.91. The van der Waals surface area contributed by atoms with Crippen LogP contribution in [0.1, 0.15) is 46.5 Å². The smallest absolute Gasteiger partial charge is 0.326 e. The average Bonchev–Trinajstić information content (AvgIpc) is 2.62. The Balaban J connectivity index is 2.64. The maximum atomic E-state index is 11.9. The summed E-state index contributed by atoms with van der Waals surface area (Å²) in [5.41, 5.74) is 1.87. The second-order valence-electron chi connectivity index (χ2n) is 5.11. The lowest BCUT2D eigenvalue weighted by Gasteiger charge is -2.17. The number of hydrogen-bond acceptors (Lipinski definition) is 2. The number of carboxylic acids is 1. The number of hydrogen-bond donors (Lipinski definition) is 2. The first-order valence-corrected chi connectivity index (χ1v) is 6.14. The third-order valence-corrected chi connectivity index (χ3v) is 3.08. The standard InChI is InChI=1S/C13H21NO3/c1-8(2)7-11(13(16)17)14-12(15)10-6-4-5-9(10)3/h8,11H,4-7H2,1-3H3,(H,14,15)(H,16,17). The van der Waals surface area contributed by atoms with E-state index < -0.39 is 12.0 Å². The van der Waals surface area contributed by atoms with E-state index in [9.17, 15) is 9.59 Å². The van der Waals surface area contributed by atoms with Crippen LogP contribution in [-0.2, 0) is 9.59 Å². The third kappa shape index (κ3) is 3.88. The Morgan fingerprint density at radius 3 is 2.41 bits per heavy atom.